The van der Waals surface area contributed by atoms with Crippen molar-refractivity contribution >= 4 is 17.4 Å². The molecule has 0 unspecified atom stereocenters. The third-order valence-electron chi connectivity index (χ3n) is 2.87. The van der Waals surface area contributed by atoms with Crippen molar-refractivity contribution in [2.24, 2.45) is 0 Å². The van der Waals surface area contributed by atoms with Crippen LogP contribution in [0.2, 0.25) is 5.15 Å². The SMILES string of the molecule is Cc1c(Cl)nnc(NCc2ccccc2F)c1C. The Hall–Kier alpha value is -1.68. The summed E-state index contributed by atoms with van der Waals surface area (Å²) >= 11 is 5.87. The normalized spacial score (nSPS) is 10.4. The Kier molecular flexibility index (Phi) is 3.77. The van der Waals surface area contributed by atoms with Gasteiger partial charge in [-0.3, -0.25) is 0 Å². The lowest BCUT2D eigenvalue weighted by Crippen LogP contribution is -2.07. The van der Waals surface area contributed by atoms with E-state index < -0.39 is 0 Å². The molecule has 3 nitrogen and oxygen atoms in total. The first-order valence-electron chi connectivity index (χ1n) is 5.56. The van der Waals surface area contributed by atoms with E-state index in [1.165, 1.54) is 6.07 Å². The van der Waals surface area contributed by atoms with Crippen LogP contribution in [0.5, 0.6) is 0 Å². The molecule has 2 rings (SSSR count). The molecule has 0 atom stereocenters. The van der Waals surface area contributed by atoms with Crippen molar-refractivity contribution in [2.45, 2.75) is 20.4 Å². The van der Waals surface area contributed by atoms with Crippen molar-refractivity contribution in [1.29, 1.82) is 0 Å². The first-order chi connectivity index (χ1) is 8.59. The maximum Gasteiger partial charge on any atom is 0.155 e. The van der Waals surface area contributed by atoms with Crippen molar-refractivity contribution in [1.82, 2.24) is 10.2 Å². The molecule has 0 spiro atoms. The van der Waals surface area contributed by atoms with E-state index in [1.54, 1.807) is 18.2 Å². The molecule has 0 fully saturated rings. The first kappa shape index (κ1) is 12.8. The van der Waals surface area contributed by atoms with Crippen LogP contribution < -0.4 is 5.32 Å². The topological polar surface area (TPSA) is 37.8 Å². The van der Waals surface area contributed by atoms with E-state index in [0.717, 1.165) is 11.1 Å². The van der Waals surface area contributed by atoms with E-state index >= 15 is 0 Å². The molecular formula is C13H13ClFN3. The first-order valence-corrected chi connectivity index (χ1v) is 5.94. The molecule has 0 aliphatic carbocycles. The minimum absolute atomic E-state index is 0.235. The van der Waals surface area contributed by atoms with Gasteiger partial charge in [0.2, 0.25) is 0 Å². The minimum Gasteiger partial charge on any atom is -0.364 e. The highest BCUT2D eigenvalue weighted by molar-refractivity contribution is 6.30. The van der Waals surface area contributed by atoms with Gasteiger partial charge in [-0.25, -0.2) is 4.39 Å². The number of halogens is 2. The molecule has 0 aliphatic heterocycles. The van der Waals surface area contributed by atoms with E-state index in [1.807, 2.05) is 13.8 Å². The fourth-order valence-electron chi connectivity index (χ4n) is 1.56. The fraction of sp³-hybridized carbons (Fsp3) is 0.231. The third-order valence-corrected chi connectivity index (χ3v) is 3.23. The van der Waals surface area contributed by atoms with Gasteiger partial charge in [0.25, 0.3) is 0 Å². The summed E-state index contributed by atoms with van der Waals surface area (Å²) in [5, 5.41) is 11.3. The summed E-state index contributed by atoms with van der Waals surface area (Å²) in [7, 11) is 0. The van der Waals surface area contributed by atoms with Crippen LogP contribution in [-0.2, 0) is 6.54 Å². The predicted molar refractivity (Wildman–Crippen MR) is 70.2 cm³/mol. The highest BCUT2D eigenvalue weighted by Gasteiger charge is 2.08. The Morgan fingerprint density at radius 1 is 1.17 bits per heavy atom. The monoisotopic (exact) mass is 265 g/mol. The number of nitrogens with zero attached hydrogens (tertiary/aromatic N) is 2. The average molecular weight is 266 g/mol. The zero-order valence-corrected chi connectivity index (χ0v) is 10.9. The number of hydrogen-bond acceptors (Lipinski definition) is 3. The number of anilines is 1. The van der Waals surface area contributed by atoms with Gasteiger partial charge in [-0.05, 0) is 31.0 Å². The zero-order valence-electron chi connectivity index (χ0n) is 10.2. The van der Waals surface area contributed by atoms with Crippen molar-refractivity contribution in [2.75, 3.05) is 5.32 Å². The second kappa shape index (κ2) is 5.31. The van der Waals surface area contributed by atoms with E-state index in [2.05, 4.69) is 15.5 Å². The van der Waals surface area contributed by atoms with Gasteiger partial charge in [0.1, 0.15) is 5.82 Å². The minimum atomic E-state index is -0.235. The number of aromatic nitrogens is 2. The molecule has 1 N–H and O–H groups in total. The lowest BCUT2D eigenvalue weighted by Gasteiger charge is -2.10. The van der Waals surface area contributed by atoms with Gasteiger partial charge in [0, 0.05) is 12.1 Å². The number of rotatable bonds is 3. The predicted octanol–water partition coefficient (Wildman–Crippen LogP) is 3.50. The second-order valence-corrected chi connectivity index (χ2v) is 4.39. The summed E-state index contributed by atoms with van der Waals surface area (Å²) in [6.07, 6.45) is 0. The lowest BCUT2D eigenvalue weighted by atomic mass is 10.2. The van der Waals surface area contributed by atoms with Crippen LogP contribution in [0.15, 0.2) is 24.3 Å². The van der Waals surface area contributed by atoms with Crippen LogP contribution in [0.1, 0.15) is 16.7 Å². The molecule has 1 aromatic carbocycles. The fourth-order valence-corrected chi connectivity index (χ4v) is 1.74. The van der Waals surface area contributed by atoms with Crippen LogP contribution >= 0.6 is 11.6 Å². The van der Waals surface area contributed by atoms with Gasteiger partial charge in [0.05, 0.1) is 0 Å². The van der Waals surface area contributed by atoms with E-state index in [-0.39, 0.29) is 5.82 Å². The maximum absolute atomic E-state index is 13.4. The summed E-state index contributed by atoms with van der Waals surface area (Å²) in [5.74, 6) is 0.390. The molecule has 18 heavy (non-hydrogen) atoms. The van der Waals surface area contributed by atoms with Gasteiger partial charge >= 0.3 is 0 Å². The molecular weight excluding hydrogens is 253 g/mol. The van der Waals surface area contributed by atoms with Crippen LogP contribution in [0.3, 0.4) is 0 Å². The Balaban J connectivity index is 2.17. The van der Waals surface area contributed by atoms with Gasteiger partial charge in [-0.2, -0.15) is 0 Å². The van der Waals surface area contributed by atoms with Crippen molar-refractivity contribution in [3.05, 3.63) is 51.9 Å². The number of nitrogens with one attached hydrogen (secondary N) is 1. The quantitative estimate of drug-likeness (QED) is 0.923. The standard InChI is InChI=1S/C13H13ClFN3/c1-8-9(2)13(18-17-12(8)14)16-7-10-5-3-4-6-11(10)15/h3-6H,7H2,1-2H3,(H,16,18). The number of benzene rings is 1. The second-order valence-electron chi connectivity index (χ2n) is 4.03. The van der Waals surface area contributed by atoms with Crippen molar-refractivity contribution in [3.8, 4) is 0 Å². The molecule has 94 valence electrons. The maximum atomic E-state index is 13.4. The summed E-state index contributed by atoms with van der Waals surface area (Å²) < 4.78 is 13.4. The smallest absolute Gasteiger partial charge is 0.155 e. The highest BCUT2D eigenvalue weighted by Crippen LogP contribution is 2.21. The van der Waals surface area contributed by atoms with Gasteiger partial charge < -0.3 is 5.32 Å². The number of hydrogen-bond donors (Lipinski definition) is 1. The summed E-state index contributed by atoms with van der Waals surface area (Å²) in [4.78, 5) is 0. The van der Waals surface area contributed by atoms with E-state index in [0.29, 0.717) is 23.1 Å². The third kappa shape index (κ3) is 2.59. The van der Waals surface area contributed by atoms with Gasteiger partial charge in [-0.15, -0.1) is 10.2 Å². The summed E-state index contributed by atoms with van der Waals surface area (Å²) in [6, 6.07) is 6.62. The van der Waals surface area contributed by atoms with Crippen LogP contribution in [0, 0.1) is 19.7 Å². The van der Waals surface area contributed by atoms with E-state index in [4.69, 9.17) is 11.6 Å². The van der Waals surface area contributed by atoms with Gasteiger partial charge in [-0.1, -0.05) is 29.8 Å². The molecule has 0 aliphatic rings. The Bertz CT molecular complexity index is 572. The molecule has 0 saturated carbocycles. The molecule has 1 heterocycles. The zero-order chi connectivity index (χ0) is 13.1. The summed E-state index contributed by atoms with van der Waals surface area (Å²) in [6.45, 7) is 4.14. The molecule has 0 radical (unpaired) electrons. The van der Waals surface area contributed by atoms with Crippen LogP contribution in [-0.4, -0.2) is 10.2 Å². The Labute approximate surface area is 110 Å². The summed E-state index contributed by atoms with van der Waals surface area (Å²) in [5.41, 5.74) is 2.39. The van der Waals surface area contributed by atoms with Gasteiger partial charge in [0.15, 0.2) is 11.0 Å². The van der Waals surface area contributed by atoms with E-state index in [9.17, 15) is 4.39 Å². The molecule has 0 bridgehead atoms. The molecule has 2 aromatic rings. The van der Waals surface area contributed by atoms with Crippen LogP contribution in [0.4, 0.5) is 10.2 Å². The van der Waals surface area contributed by atoms with Crippen LogP contribution in [0.25, 0.3) is 0 Å². The largest absolute Gasteiger partial charge is 0.364 e. The Morgan fingerprint density at radius 2 is 1.89 bits per heavy atom. The van der Waals surface area contributed by atoms with Crippen molar-refractivity contribution in [3.63, 3.8) is 0 Å². The molecule has 5 heteroatoms. The molecule has 1 aromatic heterocycles. The molecule has 0 saturated heterocycles. The average Bonchev–Trinajstić information content (AvgIpc) is 2.37. The Morgan fingerprint density at radius 3 is 2.61 bits per heavy atom. The lowest BCUT2D eigenvalue weighted by molar-refractivity contribution is 0.612. The highest BCUT2D eigenvalue weighted by atomic mass is 35.5. The molecule has 0 amide bonds. The van der Waals surface area contributed by atoms with Crippen molar-refractivity contribution < 1.29 is 4.39 Å².